The van der Waals surface area contributed by atoms with Crippen LogP contribution in [0.5, 0.6) is 0 Å². The van der Waals surface area contributed by atoms with Crippen molar-refractivity contribution in [3.63, 3.8) is 0 Å². The lowest BCUT2D eigenvalue weighted by Crippen LogP contribution is -2.40. The molecule has 0 spiro atoms. The van der Waals surface area contributed by atoms with Crippen LogP contribution < -0.4 is 22.1 Å². The van der Waals surface area contributed by atoms with Gasteiger partial charge < -0.3 is 21.4 Å². The molecular formula is C32H37ClF3N7O. The lowest BCUT2D eigenvalue weighted by Gasteiger charge is -2.32. The van der Waals surface area contributed by atoms with Crippen LogP contribution in [-0.2, 0) is 6.42 Å². The molecule has 1 fully saturated rings. The van der Waals surface area contributed by atoms with E-state index in [0.29, 0.717) is 36.3 Å². The van der Waals surface area contributed by atoms with Gasteiger partial charge >= 0.3 is 5.69 Å². The highest BCUT2D eigenvalue weighted by atomic mass is 35.5. The number of piperidine rings is 1. The summed E-state index contributed by atoms with van der Waals surface area (Å²) < 4.78 is 47.1. The zero-order chi connectivity index (χ0) is 31.5. The Morgan fingerprint density at radius 1 is 1.20 bits per heavy atom. The van der Waals surface area contributed by atoms with Crippen molar-refractivity contribution in [3.05, 3.63) is 80.6 Å². The van der Waals surface area contributed by atoms with Crippen LogP contribution in [0.25, 0.3) is 28.0 Å². The molecule has 4 aromatic rings. The lowest BCUT2D eigenvalue weighted by molar-refractivity contribution is 0.300. The smallest absolute Gasteiger partial charge is 0.354 e. The fourth-order valence-corrected chi connectivity index (χ4v) is 6.13. The van der Waals surface area contributed by atoms with Gasteiger partial charge in [0.15, 0.2) is 5.82 Å². The van der Waals surface area contributed by atoms with Crippen LogP contribution in [0.15, 0.2) is 41.3 Å². The lowest BCUT2D eigenvalue weighted by atomic mass is 9.91. The Morgan fingerprint density at radius 3 is 2.66 bits per heavy atom. The van der Waals surface area contributed by atoms with Crippen molar-refractivity contribution < 1.29 is 13.2 Å². The van der Waals surface area contributed by atoms with E-state index < -0.39 is 29.2 Å². The second-order valence-corrected chi connectivity index (χ2v) is 12.1. The van der Waals surface area contributed by atoms with Crippen LogP contribution in [-0.4, -0.2) is 39.0 Å². The molecule has 0 amide bonds. The minimum Gasteiger partial charge on any atom is -0.374 e. The van der Waals surface area contributed by atoms with Gasteiger partial charge in [0.1, 0.15) is 17.3 Å². The third kappa shape index (κ3) is 7.17. The predicted molar refractivity (Wildman–Crippen MR) is 168 cm³/mol. The van der Waals surface area contributed by atoms with Gasteiger partial charge in [0.05, 0.1) is 22.2 Å². The van der Waals surface area contributed by atoms with Crippen LogP contribution in [0.2, 0.25) is 5.02 Å². The quantitative estimate of drug-likeness (QED) is 0.105. The first-order chi connectivity index (χ1) is 21.0. The number of halogens is 4. The summed E-state index contributed by atoms with van der Waals surface area (Å²) in [7, 11) is 0. The van der Waals surface area contributed by atoms with Crippen molar-refractivity contribution in [2.45, 2.75) is 76.9 Å². The van der Waals surface area contributed by atoms with Gasteiger partial charge in [0, 0.05) is 47.4 Å². The maximum Gasteiger partial charge on any atom is 0.354 e. The topological polar surface area (TPSA) is 125 Å². The van der Waals surface area contributed by atoms with Crippen LogP contribution in [0.4, 0.5) is 13.2 Å². The number of rotatable bonds is 10. The number of aryl methyl sites for hydroxylation is 1. The molecule has 0 saturated carbocycles. The number of benzene rings is 2. The monoisotopic (exact) mass is 627 g/mol. The fraction of sp³-hybridized carbons (Fsp3) is 0.406. The predicted octanol–water partition coefficient (Wildman–Crippen LogP) is 6.28. The Morgan fingerprint density at radius 2 is 1.95 bits per heavy atom. The Labute approximate surface area is 258 Å². The number of amidine groups is 1. The van der Waals surface area contributed by atoms with Crippen molar-refractivity contribution >= 4 is 28.5 Å². The van der Waals surface area contributed by atoms with E-state index in [4.69, 9.17) is 22.7 Å². The summed E-state index contributed by atoms with van der Waals surface area (Å²) in [6.07, 6.45) is 6.72. The second kappa shape index (κ2) is 13.5. The summed E-state index contributed by atoms with van der Waals surface area (Å²) in [5.74, 6) is -1.75. The van der Waals surface area contributed by atoms with Gasteiger partial charge in [-0.2, -0.15) is 4.98 Å². The summed E-state index contributed by atoms with van der Waals surface area (Å²) in [6, 6.07) is 6.81. The largest absolute Gasteiger partial charge is 0.374 e. The number of hydrogen-bond donors (Lipinski definition) is 5. The molecule has 234 valence electrons. The minimum absolute atomic E-state index is 0.00530. The van der Waals surface area contributed by atoms with Crippen LogP contribution in [0.3, 0.4) is 0 Å². The first kappa shape index (κ1) is 31.7. The van der Waals surface area contributed by atoms with Crippen molar-refractivity contribution in [1.29, 1.82) is 5.41 Å². The molecule has 2 aromatic carbocycles. The number of nitrogens with two attached hydrogens (primary N) is 1. The molecule has 0 aliphatic carbocycles. The Hall–Kier alpha value is -3.67. The third-order valence-electron chi connectivity index (χ3n) is 8.07. The first-order valence-electron chi connectivity index (χ1n) is 14.9. The highest BCUT2D eigenvalue weighted by Crippen LogP contribution is 2.33. The van der Waals surface area contributed by atoms with Gasteiger partial charge in [-0.1, -0.05) is 18.0 Å². The summed E-state index contributed by atoms with van der Waals surface area (Å²) >= 11 is 6.21. The molecule has 3 heterocycles. The number of nitrogens with one attached hydrogen (secondary N) is 4. The SMILES string of the molecule is CC(=N)NCC[C@@H]1CCC[C@@H](c2c(F)cc(-n3cc4cc(-c5cc(CCC[C@H](C)N)cc(Cl)c5F)[nH]c4nc3=O)cc2F)N1. The fourth-order valence-electron chi connectivity index (χ4n) is 5.89. The van der Waals surface area contributed by atoms with Crippen molar-refractivity contribution in [2.75, 3.05) is 6.54 Å². The normalized spacial score (nSPS) is 17.6. The van der Waals surface area contributed by atoms with E-state index in [1.807, 2.05) is 6.92 Å². The number of fused-ring (bicyclic) bond motifs is 1. The van der Waals surface area contributed by atoms with E-state index >= 15 is 13.2 Å². The molecule has 3 atom stereocenters. The molecule has 5 rings (SSSR count). The second-order valence-electron chi connectivity index (χ2n) is 11.7. The van der Waals surface area contributed by atoms with Gasteiger partial charge in [-0.05, 0) is 88.3 Å². The van der Waals surface area contributed by atoms with Gasteiger partial charge in [0.25, 0.3) is 0 Å². The third-order valence-corrected chi connectivity index (χ3v) is 8.34. The number of aromatic amines is 1. The van der Waals surface area contributed by atoms with E-state index in [9.17, 15) is 4.79 Å². The van der Waals surface area contributed by atoms with Gasteiger partial charge in [-0.25, -0.2) is 18.0 Å². The van der Waals surface area contributed by atoms with E-state index in [0.717, 1.165) is 54.4 Å². The zero-order valence-corrected chi connectivity index (χ0v) is 25.5. The molecule has 2 aromatic heterocycles. The van der Waals surface area contributed by atoms with E-state index in [-0.39, 0.29) is 39.6 Å². The van der Waals surface area contributed by atoms with E-state index in [1.165, 1.54) is 6.20 Å². The molecule has 1 aliphatic heterocycles. The van der Waals surface area contributed by atoms with Gasteiger partial charge in [0.2, 0.25) is 0 Å². The summed E-state index contributed by atoms with van der Waals surface area (Å²) in [4.78, 5) is 20.0. The molecule has 0 bridgehead atoms. The van der Waals surface area contributed by atoms with E-state index in [1.54, 1.807) is 25.1 Å². The molecule has 44 heavy (non-hydrogen) atoms. The first-order valence-corrected chi connectivity index (χ1v) is 15.3. The number of nitrogens with zero attached hydrogens (tertiary/aromatic N) is 2. The van der Waals surface area contributed by atoms with Gasteiger partial charge in [-0.3, -0.25) is 9.98 Å². The molecule has 0 unspecified atom stereocenters. The molecule has 12 heteroatoms. The minimum atomic E-state index is -0.758. The van der Waals surface area contributed by atoms with Crippen LogP contribution in [0, 0.1) is 22.9 Å². The molecule has 1 saturated heterocycles. The highest BCUT2D eigenvalue weighted by Gasteiger charge is 2.27. The Bertz CT molecular complexity index is 1710. The Balaban J connectivity index is 1.41. The molecule has 8 nitrogen and oxygen atoms in total. The Kier molecular flexibility index (Phi) is 9.77. The van der Waals surface area contributed by atoms with E-state index in [2.05, 4.69) is 20.6 Å². The average molecular weight is 628 g/mol. The molecule has 6 N–H and O–H groups in total. The average Bonchev–Trinajstić information content (AvgIpc) is 3.36. The number of aromatic nitrogens is 3. The van der Waals surface area contributed by atoms with Crippen molar-refractivity contribution in [3.8, 4) is 16.9 Å². The van der Waals surface area contributed by atoms with Crippen molar-refractivity contribution in [2.24, 2.45) is 5.73 Å². The number of hydrogen-bond acceptors (Lipinski definition) is 5. The molecule has 0 radical (unpaired) electrons. The highest BCUT2D eigenvalue weighted by molar-refractivity contribution is 6.31. The summed E-state index contributed by atoms with van der Waals surface area (Å²) in [6.45, 7) is 4.19. The van der Waals surface area contributed by atoms with Crippen molar-refractivity contribution in [1.82, 2.24) is 25.2 Å². The maximum atomic E-state index is 15.5. The molecular weight excluding hydrogens is 591 g/mol. The van der Waals surface area contributed by atoms with Gasteiger partial charge in [-0.15, -0.1) is 0 Å². The summed E-state index contributed by atoms with van der Waals surface area (Å²) in [5.41, 5.74) is 6.70. The standard InChI is InChI=1S/C32H37ClF3N7O/c1-17(37)5-3-6-19-11-23(30(36)24(33)12-19)28-13-20-16-43(32(44)42-31(20)41-28)22-14-25(34)29(26(35)15-22)27-8-4-7-21(40-27)9-10-39-18(2)38/h11-17,21,27,40H,3-10,37H2,1-2H3,(H2,38,39)(H,41,42,44)/t17-,21-,27-/m0/s1. The summed E-state index contributed by atoms with van der Waals surface area (Å²) in [5, 5.41) is 14.2. The van der Waals surface area contributed by atoms with Crippen LogP contribution in [0.1, 0.15) is 69.5 Å². The zero-order valence-electron chi connectivity index (χ0n) is 24.7. The van der Waals surface area contributed by atoms with Crippen LogP contribution >= 0.6 is 11.6 Å². The molecule has 1 aliphatic rings. The number of H-pyrrole nitrogens is 1. The maximum absolute atomic E-state index is 15.5.